The van der Waals surface area contributed by atoms with Crippen LogP contribution in [0.15, 0.2) is 29.2 Å². The van der Waals surface area contributed by atoms with Gasteiger partial charge in [0.25, 0.3) is 0 Å². The van der Waals surface area contributed by atoms with Crippen LogP contribution < -0.4 is 4.90 Å². The van der Waals surface area contributed by atoms with Crippen LogP contribution in [0.1, 0.15) is 6.42 Å². The zero-order valence-electron chi connectivity index (χ0n) is 13.4. The molecule has 0 saturated carbocycles. The van der Waals surface area contributed by atoms with Crippen molar-refractivity contribution in [2.75, 3.05) is 32.1 Å². The first kappa shape index (κ1) is 18.2. The van der Waals surface area contributed by atoms with Crippen LogP contribution in [0.3, 0.4) is 0 Å². The van der Waals surface area contributed by atoms with Gasteiger partial charge in [-0.25, -0.2) is 8.42 Å². The molecule has 8 nitrogen and oxygen atoms in total. The standard InChI is InChI=1S/C15H20N2O6S/c1-16(2)10-4-3-5-11(8-10)24(22,23)17-7-6-12(14(18)19)13(9-17)15(20)21/h3-5,8,12-13H,6-7,9H2,1-2H3,(H,18,19)(H,20,21). The van der Waals surface area contributed by atoms with Gasteiger partial charge in [-0.05, 0) is 24.6 Å². The third kappa shape index (κ3) is 3.51. The van der Waals surface area contributed by atoms with Crippen LogP contribution in [0.2, 0.25) is 0 Å². The van der Waals surface area contributed by atoms with E-state index < -0.39 is 33.8 Å². The third-order valence-electron chi connectivity index (χ3n) is 4.18. The van der Waals surface area contributed by atoms with E-state index in [-0.39, 0.29) is 24.4 Å². The molecule has 1 saturated heterocycles. The summed E-state index contributed by atoms with van der Waals surface area (Å²) in [6.45, 7) is -0.365. The Morgan fingerprint density at radius 3 is 2.33 bits per heavy atom. The van der Waals surface area contributed by atoms with E-state index in [1.807, 2.05) is 0 Å². The lowest BCUT2D eigenvalue weighted by Crippen LogP contribution is -2.48. The number of benzene rings is 1. The summed E-state index contributed by atoms with van der Waals surface area (Å²) in [5.74, 6) is -4.86. The molecule has 1 aromatic rings. The van der Waals surface area contributed by atoms with Crippen LogP contribution >= 0.6 is 0 Å². The van der Waals surface area contributed by atoms with Crippen molar-refractivity contribution >= 4 is 27.6 Å². The highest BCUT2D eigenvalue weighted by molar-refractivity contribution is 7.89. The highest BCUT2D eigenvalue weighted by Crippen LogP contribution is 2.29. The van der Waals surface area contributed by atoms with Gasteiger partial charge in [0.2, 0.25) is 10.0 Å². The number of sulfonamides is 1. The Labute approximate surface area is 140 Å². The van der Waals surface area contributed by atoms with Crippen molar-refractivity contribution in [1.29, 1.82) is 0 Å². The van der Waals surface area contributed by atoms with Crippen LogP contribution in [0.4, 0.5) is 5.69 Å². The third-order valence-corrected chi connectivity index (χ3v) is 6.04. The second kappa shape index (κ2) is 6.78. The molecule has 0 aromatic heterocycles. The van der Waals surface area contributed by atoms with Crippen molar-refractivity contribution in [2.24, 2.45) is 11.8 Å². The van der Waals surface area contributed by atoms with Crippen LogP contribution in [0.25, 0.3) is 0 Å². The largest absolute Gasteiger partial charge is 0.481 e. The number of carboxylic acid groups (broad SMARTS) is 2. The number of rotatable bonds is 5. The zero-order chi connectivity index (χ0) is 18.1. The summed E-state index contributed by atoms with van der Waals surface area (Å²) in [7, 11) is -0.319. The summed E-state index contributed by atoms with van der Waals surface area (Å²) in [6.07, 6.45) is -0.0289. The molecule has 1 heterocycles. The maximum Gasteiger partial charge on any atom is 0.308 e. The second-order valence-electron chi connectivity index (χ2n) is 5.93. The summed E-state index contributed by atoms with van der Waals surface area (Å²) < 4.78 is 26.6. The normalized spacial score (nSPS) is 22.1. The van der Waals surface area contributed by atoms with Crippen molar-refractivity contribution in [1.82, 2.24) is 4.31 Å². The van der Waals surface area contributed by atoms with Gasteiger partial charge in [-0.1, -0.05) is 6.07 Å². The lowest BCUT2D eigenvalue weighted by atomic mass is 9.86. The molecule has 1 aliphatic heterocycles. The molecule has 0 aliphatic carbocycles. The van der Waals surface area contributed by atoms with E-state index in [0.29, 0.717) is 5.69 Å². The van der Waals surface area contributed by atoms with Gasteiger partial charge in [-0.15, -0.1) is 0 Å². The maximum atomic E-state index is 12.8. The molecule has 2 atom stereocenters. The average molecular weight is 356 g/mol. The van der Waals surface area contributed by atoms with E-state index in [1.165, 1.54) is 12.1 Å². The molecule has 2 N–H and O–H groups in total. The SMILES string of the molecule is CN(C)c1cccc(S(=O)(=O)N2CCC(C(=O)O)C(C(=O)O)C2)c1. The first-order valence-corrected chi connectivity index (χ1v) is 8.81. The first-order chi connectivity index (χ1) is 11.1. The molecule has 0 amide bonds. The Bertz CT molecular complexity index is 746. The molecular weight excluding hydrogens is 336 g/mol. The Morgan fingerprint density at radius 2 is 1.79 bits per heavy atom. The Morgan fingerprint density at radius 1 is 1.17 bits per heavy atom. The van der Waals surface area contributed by atoms with Gasteiger partial charge in [0.05, 0.1) is 16.7 Å². The number of anilines is 1. The van der Waals surface area contributed by atoms with Crippen molar-refractivity contribution in [3.63, 3.8) is 0 Å². The molecule has 2 rings (SSSR count). The number of carboxylic acids is 2. The minimum atomic E-state index is -3.88. The lowest BCUT2D eigenvalue weighted by Gasteiger charge is -2.33. The van der Waals surface area contributed by atoms with Gasteiger partial charge < -0.3 is 15.1 Å². The number of piperidine rings is 1. The highest BCUT2D eigenvalue weighted by Gasteiger charge is 2.42. The predicted octanol–water partition coefficient (Wildman–Crippen LogP) is 0.549. The summed E-state index contributed by atoms with van der Waals surface area (Å²) in [5, 5.41) is 18.4. The first-order valence-electron chi connectivity index (χ1n) is 7.37. The molecule has 9 heteroatoms. The lowest BCUT2D eigenvalue weighted by molar-refractivity contribution is -0.156. The Kier molecular flexibility index (Phi) is 5.14. The average Bonchev–Trinajstić information content (AvgIpc) is 2.54. The monoisotopic (exact) mass is 356 g/mol. The summed E-state index contributed by atoms with van der Waals surface area (Å²) in [4.78, 5) is 24.3. The van der Waals surface area contributed by atoms with Gasteiger partial charge in [-0.2, -0.15) is 4.31 Å². The van der Waals surface area contributed by atoms with Gasteiger partial charge in [0.15, 0.2) is 0 Å². The van der Waals surface area contributed by atoms with Gasteiger partial charge >= 0.3 is 11.9 Å². The molecule has 0 bridgehead atoms. The number of aliphatic carboxylic acids is 2. The molecule has 2 unspecified atom stereocenters. The van der Waals surface area contributed by atoms with E-state index in [4.69, 9.17) is 5.11 Å². The summed E-state index contributed by atoms with van der Waals surface area (Å²) >= 11 is 0. The molecule has 1 fully saturated rings. The van der Waals surface area contributed by atoms with E-state index >= 15 is 0 Å². The second-order valence-corrected chi connectivity index (χ2v) is 7.87. The van der Waals surface area contributed by atoms with Gasteiger partial charge in [0, 0.05) is 32.9 Å². The zero-order valence-corrected chi connectivity index (χ0v) is 14.2. The highest BCUT2D eigenvalue weighted by atomic mass is 32.2. The van der Waals surface area contributed by atoms with Gasteiger partial charge in [-0.3, -0.25) is 9.59 Å². The quantitative estimate of drug-likeness (QED) is 0.791. The van der Waals surface area contributed by atoms with E-state index in [1.54, 1.807) is 31.1 Å². The van der Waals surface area contributed by atoms with E-state index in [9.17, 15) is 23.1 Å². The fraction of sp³-hybridized carbons (Fsp3) is 0.467. The fourth-order valence-electron chi connectivity index (χ4n) is 2.76. The topological polar surface area (TPSA) is 115 Å². The van der Waals surface area contributed by atoms with E-state index in [0.717, 1.165) is 4.31 Å². The number of hydrogen-bond acceptors (Lipinski definition) is 5. The molecule has 1 aliphatic rings. The van der Waals surface area contributed by atoms with Crippen LogP contribution in [0.5, 0.6) is 0 Å². The number of hydrogen-bond donors (Lipinski definition) is 2. The molecule has 0 radical (unpaired) electrons. The fourth-order valence-corrected chi connectivity index (χ4v) is 4.28. The molecule has 0 spiro atoms. The minimum Gasteiger partial charge on any atom is -0.481 e. The Balaban J connectivity index is 2.32. The van der Waals surface area contributed by atoms with E-state index in [2.05, 4.69) is 0 Å². The van der Waals surface area contributed by atoms with Crippen molar-refractivity contribution in [2.45, 2.75) is 11.3 Å². The van der Waals surface area contributed by atoms with Crippen molar-refractivity contribution in [3.8, 4) is 0 Å². The molecule has 24 heavy (non-hydrogen) atoms. The Hall–Kier alpha value is -2.13. The minimum absolute atomic E-state index is 0.0186. The maximum absolute atomic E-state index is 12.8. The van der Waals surface area contributed by atoms with Crippen molar-refractivity contribution in [3.05, 3.63) is 24.3 Å². The molecule has 132 valence electrons. The van der Waals surface area contributed by atoms with Gasteiger partial charge in [0.1, 0.15) is 0 Å². The predicted molar refractivity (Wildman–Crippen MR) is 86.4 cm³/mol. The molecular formula is C15H20N2O6S. The molecule has 1 aromatic carbocycles. The number of nitrogens with zero attached hydrogens (tertiary/aromatic N) is 2. The van der Waals surface area contributed by atoms with Crippen LogP contribution in [0, 0.1) is 11.8 Å². The smallest absolute Gasteiger partial charge is 0.308 e. The summed E-state index contributed by atoms with van der Waals surface area (Å²) in [6, 6.07) is 6.33. The van der Waals surface area contributed by atoms with Crippen LogP contribution in [-0.2, 0) is 19.6 Å². The summed E-state index contributed by atoms with van der Waals surface area (Å²) in [5.41, 5.74) is 0.700. The van der Waals surface area contributed by atoms with Crippen LogP contribution in [-0.4, -0.2) is 62.1 Å². The van der Waals surface area contributed by atoms with Crippen molar-refractivity contribution < 1.29 is 28.2 Å². The number of carbonyl (C=O) groups is 2.